The van der Waals surface area contributed by atoms with Crippen molar-refractivity contribution in [3.8, 4) is 5.69 Å². The van der Waals surface area contributed by atoms with E-state index in [1.807, 2.05) is 71.4 Å². The Balaban J connectivity index is 1.23. The normalized spacial score (nSPS) is 11.0. The maximum atomic E-state index is 12.4. The number of imidazole rings is 1. The number of benzene rings is 3. The van der Waals surface area contributed by atoms with E-state index < -0.39 is 0 Å². The van der Waals surface area contributed by atoms with Crippen LogP contribution < -0.4 is 10.9 Å². The van der Waals surface area contributed by atoms with Gasteiger partial charge in [0.1, 0.15) is 6.33 Å². The summed E-state index contributed by atoms with van der Waals surface area (Å²) in [5.74, 6) is -0.672. The van der Waals surface area contributed by atoms with Gasteiger partial charge in [0.25, 0.3) is 5.91 Å². The predicted molar refractivity (Wildman–Crippen MR) is 119 cm³/mol. The first kappa shape index (κ1) is 18.6. The van der Waals surface area contributed by atoms with Crippen molar-refractivity contribution in [3.63, 3.8) is 0 Å². The number of hydrogen-bond acceptors (Lipinski definition) is 3. The number of aromatic amines is 1. The lowest BCUT2D eigenvalue weighted by atomic mass is 10.1. The highest BCUT2D eigenvalue weighted by atomic mass is 16.2. The van der Waals surface area contributed by atoms with Crippen molar-refractivity contribution in [2.24, 2.45) is 0 Å². The molecule has 0 fully saturated rings. The summed E-state index contributed by atoms with van der Waals surface area (Å²) in [5, 5.41) is 0.992. The van der Waals surface area contributed by atoms with Crippen molar-refractivity contribution >= 4 is 33.8 Å². The summed E-state index contributed by atoms with van der Waals surface area (Å²) < 4.78 is 1.96. The summed E-state index contributed by atoms with van der Waals surface area (Å²) in [5.41, 5.74) is 10.0. The largest absolute Gasteiger partial charge is 0.361 e. The van der Waals surface area contributed by atoms with Crippen LogP contribution in [0.2, 0.25) is 0 Å². The van der Waals surface area contributed by atoms with Gasteiger partial charge in [-0.1, -0.05) is 30.3 Å². The van der Waals surface area contributed by atoms with Gasteiger partial charge in [-0.05, 0) is 48.0 Å². The van der Waals surface area contributed by atoms with Crippen molar-refractivity contribution < 1.29 is 9.59 Å². The highest BCUT2D eigenvalue weighted by molar-refractivity contribution is 5.96. The monoisotopic (exact) mass is 409 g/mol. The Bertz CT molecular complexity index is 1400. The van der Waals surface area contributed by atoms with E-state index in [4.69, 9.17) is 0 Å². The van der Waals surface area contributed by atoms with Crippen molar-refractivity contribution in [1.82, 2.24) is 25.4 Å². The highest BCUT2D eigenvalue weighted by Gasteiger charge is 2.11. The minimum atomic E-state index is -0.380. The van der Waals surface area contributed by atoms with Gasteiger partial charge >= 0.3 is 0 Å². The molecule has 0 atom stereocenters. The van der Waals surface area contributed by atoms with Gasteiger partial charge in [-0.2, -0.15) is 0 Å². The minimum Gasteiger partial charge on any atom is -0.361 e. The number of carbonyl (C=O) groups is 2. The van der Waals surface area contributed by atoms with Gasteiger partial charge in [-0.25, -0.2) is 4.98 Å². The molecule has 2 aromatic heterocycles. The average molecular weight is 409 g/mol. The second-order valence-corrected chi connectivity index (χ2v) is 7.19. The van der Waals surface area contributed by atoms with E-state index in [-0.39, 0.29) is 18.2 Å². The summed E-state index contributed by atoms with van der Waals surface area (Å²) in [6, 6.07) is 22.7. The number of nitrogens with zero attached hydrogens (tertiary/aromatic N) is 2. The van der Waals surface area contributed by atoms with Crippen molar-refractivity contribution in [1.29, 1.82) is 0 Å². The molecule has 152 valence electrons. The second kappa shape index (κ2) is 7.79. The smallest absolute Gasteiger partial charge is 0.269 e. The zero-order chi connectivity index (χ0) is 21.2. The van der Waals surface area contributed by atoms with E-state index in [9.17, 15) is 9.59 Å². The molecule has 0 aliphatic heterocycles. The van der Waals surface area contributed by atoms with Gasteiger partial charge in [-0.15, -0.1) is 0 Å². The summed E-state index contributed by atoms with van der Waals surface area (Å²) in [6.45, 7) is 0. The maximum absolute atomic E-state index is 12.4. The molecule has 5 aromatic rings. The molecule has 3 aromatic carbocycles. The Morgan fingerprint density at radius 3 is 2.55 bits per heavy atom. The maximum Gasteiger partial charge on any atom is 0.269 e. The Kier molecular flexibility index (Phi) is 4.68. The number of hydrazine groups is 1. The Labute approximate surface area is 177 Å². The van der Waals surface area contributed by atoms with Crippen LogP contribution in [0.4, 0.5) is 0 Å². The van der Waals surface area contributed by atoms with E-state index >= 15 is 0 Å². The van der Waals surface area contributed by atoms with E-state index in [0.717, 1.165) is 33.2 Å². The van der Waals surface area contributed by atoms with Gasteiger partial charge in [0.15, 0.2) is 0 Å². The Morgan fingerprint density at radius 2 is 1.68 bits per heavy atom. The molecule has 2 amide bonds. The van der Waals surface area contributed by atoms with Crippen molar-refractivity contribution in [3.05, 3.63) is 96.4 Å². The summed E-state index contributed by atoms with van der Waals surface area (Å²) in [7, 11) is 0. The van der Waals surface area contributed by atoms with Crippen LogP contribution in [0.3, 0.4) is 0 Å². The third-order valence-corrected chi connectivity index (χ3v) is 5.20. The number of carbonyl (C=O) groups excluding carboxylic acids is 2. The molecule has 0 aliphatic rings. The van der Waals surface area contributed by atoms with Crippen LogP contribution in [0.25, 0.3) is 27.6 Å². The fourth-order valence-corrected chi connectivity index (χ4v) is 3.63. The number of hydrogen-bond donors (Lipinski definition) is 3. The lowest BCUT2D eigenvalue weighted by Crippen LogP contribution is -2.42. The van der Waals surface area contributed by atoms with E-state index in [1.165, 1.54) is 0 Å². The standard InChI is InChI=1S/C24H19N5O2/c30-23(13-17-14-25-20-6-2-1-5-19(17)20)27-28-24(31)16-9-11-18(12-10-16)29-15-26-21-7-3-4-8-22(21)29/h1-12,14-15,25H,13H2,(H,27,30)(H,28,31). The van der Waals surface area contributed by atoms with Crippen LogP contribution in [0.5, 0.6) is 0 Å². The van der Waals surface area contributed by atoms with Crippen molar-refractivity contribution in [2.45, 2.75) is 6.42 Å². The Hall–Kier alpha value is -4.39. The zero-order valence-electron chi connectivity index (χ0n) is 16.5. The molecule has 3 N–H and O–H groups in total. The Morgan fingerprint density at radius 1 is 0.903 bits per heavy atom. The molecule has 0 unspecified atom stereocenters. The quantitative estimate of drug-likeness (QED) is 0.397. The minimum absolute atomic E-state index is 0.164. The zero-order valence-corrected chi connectivity index (χ0v) is 16.5. The molecular formula is C24H19N5O2. The molecule has 7 nitrogen and oxygen atoms in total. The molecule has 5 rings (SSSR count). The molecule has 0 saturated carbocycles. The molecule has 7 heteroatoms. The first-order valence-corrected chi connectivity index (χ1v) is 9.86. The number of para-hydroxylation sites is 3. The third-order valence-electron chi connectivity index (χ3n) is 5.20. The van der Waals surface area contributed by atoms with Crippen LogP contribution in [0, 0.1) is 0 Å². The molecule has 0 radical (unpaired) electrons. The number of fused-ring (bicyclic) bond motifs is 2. The van der Waals surface area contributed by atoms with Crippen LogP contribution in [-0.2, 0) is 11.2 Å². The van der Waals surface area contributed by atoms with Gasteiger partial charge in [0, 0.05) is 28.4 Å². The van der Waals surface area contributed by atoms with E-state index in [2.05, 4.69) is 20.8 Å². The van der Waals surface area contributed by atoms with Crippen LogP contribution in [0.1, 0.15) is 15.9 Å². The van der Waals surface area contributed by atoms with Gasteiger partial charge < -0.3 is 4.98 Å². The van der Waals surface area contributed by atoms with Gasteiger partial charge in [0.05, 0.1) is 17.5 Å². The number of H-pyrrole nitrogens is 1. The van der Waals surface area contributed by atoms with Gasteiger partial charge in [-0.3, -0.25) is 25.0 Å². The fraction of sp³-hybridized carbons (Fsp3) is 0.0417. The average Bonchev–Trinajstić information content (AvgIpc) is 3.42. The van der Waals surface area contributed by atoms with Crippen LogP contribution in [-0.4, -0.2) is 26.3 Å². The van der Waals surface area contributed by atoms with Crippen LogP contribution in [0.15, 0.2) is 85.3 Å². The van der Waals surface area contributed by atoms with E-state index in [0.29, 0.717) is 5.56 Å². The molecule has 0 aliphatic carbocycles. The summed E-state index contributed by atoms with van der Waals surface area (Å²) in [4.78, 5) is 32.2. The van der Waals surface area contributed by atoms with E-state index in [1.54, 1.807) is 18.5 Å². The first-order chi connectivity index (χ1) is 15.2. The number of amides is 2. The molecule has 0 bridgehead atoms. The molecular weight excluding hydrogens is 390 g/mol. The van der Waals surface area contributed by atoms with Gasteiger partial charge in [0.2, 0.25) is 5.91 Å². The molecule has 0 saturated heterocycles. The second-order valence-electron chi connectivity index (χ2n) is 7.19. The topological polar surface area (TPSA) is 91.8 Å². The number of nitrogens with one attached hydrogen (secondary N) is 3. The SMILES string of the molecule is O=C(Cc1c[nH]c2ccccc12)NNC(=O)c1ccc(-n2cnc3ccccc32)cc1. The molecule has 2 heterocycles. The predicted octanol–water partition coefficient (Wildman–Crippen LogP) is 3.51. The highest BCUT2D eigenvalue weighted by Crippen LogP contribution is 2.19. The van der Waals surface area contributed by atoms with Crippen LogP contribution >= 0.6 is 0 Å². The summed E-state index contributed by atoms with van der Waals surface area (Å²) in [6.07, 6.45) is 3.73. The lowest BCUT2D eigenvalue weighted by molar-refractivity contribution is -0.121. The third kappa shape index (κ3) is 3.64. The number of aromatic nitrogens is 3. The first-order valence-electron chi connectivity index (χ1n) is 9.86. The van der Waals surface area contributed by atoms with Crippen molar-refractivity contribution in [2.75, 3.05) is 0 Å². The molecule has 0 spiro atoms. The number of rotatable bonds is 4. The summed E-state index contributed by atoms with van der Waals surface area (Å²) >= 11 is 0. The molecule has 31 heavy (non-hydrogen) atoms. The fourth-order valence-electron chi connectivity index (χ4n) is 3.63. The lowest BCUT2D eigenvalue weighted by Gasteiger charge is -2.09.